The Bertz CT molecular complexity index is 664. The van der Waals surface area contributed by atoms with Crippen LogP contribution in [0.3, 0.4) is 0 Å². The molecule has 1 heterocycles. The third kappa shape index (κ3) is 2.86. The van der Waals surface area contributed by atoms with Crippen LogP contribution < -0.4 is 5.32 Å². The number of carboxylic acid groups (broad SMARTS) is 1. The Labute approximate surface area is 127 Å². The van der Waals surface area contributed by atoms with E-state index < -0.39 is 11.9 Å². The maximum absolute atomic E-state index is 12.2. The first-order chi connectivity index (χ1) is 10.6. The summed E-state index contributed by atoms with van der Waals surface area (Å²) in [6, 6.07) is 6.65. The SMILES string of the molecule is O=C(N[C@H]1CCC[C@H]1C(=O)O)c1ccc(-c2cnco2)cc1. The molecule has 6 nitrogen and oxygen atoms in total. The van der Waals surface area contributed by atoms with Crippen molar-refractivity contribution >= 4 is 11.9 Å². The molecule has 1 aliphatic carbocycles. The smallest absolute Gasteiger partial charge is 0.308 e. The normalized spacial score (nSPS) is 20.7. The molecule has 1 fully saturated rings. The van der Waals surface area contributed by atoms with Gasteiger partial charge in [0, 0.05) is 17.2 Å². The number of aromatic nitrogens is 1. The van der Waals surface area contributed by atoms with Crippen molar-refractivity contribution < 1.29 is 19.1 Å². The maximum Gasteiger partial charge on any atom is 0.308 e. The molecule has 6 heteroatoms. The van der Waals surface area contributed by atoms with E-state index in [2.05, 4.69) is 10.3 Å². The number of nitrogens with zero attached hydrogens (tertiary/aromatic N) is 1. The fourth-order valence-corrected chi connectivity index (χ4v) is 2.82. The van der Waals surface area contributed by atoms with Crippen LogP contribution in [0.1, 0.15) is 29.6 Å². The first-order valence-electron chi connectivity index (χ1n) is 7.18. The molecule has 1 aromatic carbocycles. The number of aliphatic carboxylic acids is 1. The number of hydrogen-bond acceptors (Lipinski definition) is 4. The largest absolute Gasteiger partial charge is 0.481 e. The molecular formula is C16H16N2O4. The van der Waals surface area contributed by atoms with Crippen molar-refractivity contribution in [1.29, 1.82) is 0 Å². The number of rotatable bonds is 4. The highest BCUT2D eigenvalue weighted by atomic mass is 16.4. The van der Waals surface area contributed by atoms with Crippen molar-refractivity contribution in [3.63, 3.8) is 0 Å². The molecule has 0 unspecified atom stereocenters. The van der Waals surface area contributed by atoms with Gasteiger partial charge in [0.25, 0.3) is 5.91 Å². The van der Waals surface area contributed by atoms with Crippen LogP contribution >= 0.6 is 0 Å². The van der Waals surface area contributed by atoms with E-state index in [0.717, 1.165) is 12.0 Å². The van der Waals surface area contributed by atoms with Gasteiger partial charge in [0.05, 0.1) is 12.1 Å². The maximum atomic E-state index is 12.2. The van der Waals surface area contributed by atoms with Crippen LogP contribution in [0.2, 0.25) is 0 Å². The third-order valence-electron chi connectivity index (χ3n) is 4.01. The topological polar surface area (TPSA) is 92.4 Å². The Hall–Kier alpha value is -2.63. The van der Waals surface area contributed by atoms with Gasteiger partial charge < -0.3 is 14.8 Å². The van der Waals surface area contributed by atoms with E-state index >= 15 is 0 Å². The zero-order chi connectivity index (χ0) is 15.5. The summed E-state index contributed by atoms with van der Waals surface area (Å²) < 4.78 is 5.19. The van der Waals surface area contributed by atoms with E-state index in [1.165, 1.54) is 6.39 Å². The van der Waals surface area contributed by atoms with E-state index in [1.807, 2.05) is 0 Å². The van der Waals surface area contributed by atoms with Gasteiger partial charge in [-0.25, -0.2) is 4.98 Å². The van der Waals surface area contributed by atoms with Crippen LogP contribution in [0, 0.1) is 5.92 Å². The van der Waals surface area contributed by atoms with Crippen molar-refractivity contribution in [1.82, 2.24) is 10.3 Å². The van der Waals surface area contributed by atoms with Gasteiger partial charge in [-0.15, -0.1) is 0 Å². The molecule has 1 aliphatic rings. The van der Waals surface area contributed by atoms with E-state index in [-0.39, 0.29) is 11.9 Å². The number of oxazole rings is 1. The number of nitrogens with one attached hydrogen (secondary N) is 1. The molecular weight excluding hydrogens is 284 g/mol. The zero-order valence-corrected chi connectivity index (χ0v) is 11.9. The fourth-order valence-electron chi connectivity index (χ4n) is 2.82. The minimum absolute atomic E-state index is 0.248. The molecule has 0 spiro atoms. The van der Waals surface area contributed by atoms with Crippen LogP contribution in [0.4, 0.5) is 0 Å². The van der Waals surface area contributed by atoms with Gasteiger partial charge in [-0.05, 0) is 25.0 Å². The van der Waals surface area contributed by atoms with E-state index in [1.54, 1.807) is 30.5 Å². The van der Waals surface area contributed by atoms with Gasteiger partial charge in [0.15, 0.2) is 12.2 Å². The Morgan fingerprint density at radius 1 is 1.23 bits per heavy atom. The minimum atomic E-state index is -0.844. The second kappa shape index (κ2) is 6.01. The third-order valence-corrected chi connectivity index (χ3v) is 4.01. The summed E-state index contributed by atoms with van der Waals surface area (Å²) in [6.07, 6.45) is 5.10. The van der Waals surface area contributed by atoms with Gasteiger partial charge in [0.2, 0.25) is 0 Å². The molecule has 2 N–H and O–H groups in total. The number of carbonyl (C=O) groups is 2. The van der Waals surface area contributed by atoms with Crippen LogP contribution in [0.15, 0.2) is 41.3 Å². The van der Waals surface area contributed by atoms with Crippen molar-refractivity contribution in [2.24, 2.45) is 5.92 Å². The Kier molecular flexibility index (Phi) is 3.91. The lowest BCUT2D eigenvalue weighted by molar-refractivity contribution is -0.142. The lowest BCUT2D eigenvalue weighted by Gasteiger charge is -2.17. The Balaban J connectivity index is 1.69. The second-order valence-corrected chi connectivity index (χ2v) is 5.40. The summed E-state index contributed by atoms with van der Waals surface area (Å²) in [5.41, 5.74) is 1.33. The molecule has 1 saturated carbocycles. The average molecular weight is 300 g/mol. The quantitative estimate of drug-likeness (QED) is 0.904. The van der Waals surface area contributed by atoms with E-state index in [9.17, 15) is 9.59 Å². The van der Waals surface area contributed by atoms with Gasteiger partial charge >= 0.3 is 5.97 Å². The molecule has 0 radical (unpaired) electrons. The van der Waals surface area contributed by atoms with Crippen molar-refractivity contribution in [3.05, 3.63) is 42.4 Å². The number of benzene rings is 1. The van der Waals surface area contributed by atoms with Crippen LogP contribution in [0.5, 0.6) is 0 Å². The predicted octanol–water partition coefficient (Wildman–Crippen LogP) is 2.32. The van der Waals surface area contributed by atoms with Gasteiger partial charge in [0.1, 0.15) is 0 Å². The van der Waals surface area contributed by atoms with Crippen molar-refractivity contribution in [2.45, 2.75) is 25.3 Å². The first kappa shape index (κ1) is 14.3. The highest BCUT2D eigenvalue weighted by Gasteiger charge is 2.33. The highest BCUT2D eigenvalue weighted by molar-refractivity contribution is 5.95. The molecule has 3 rings (SSSR count). The lowest BCUT2D eigenvalue weighted by atomic mass is 10.0. The molecule has 0 bridgehead atoms. The predicted molar refractivity (Wildman–Crippen MR) is 78.2 cm³/mol. The number of hydrogen-bond donors (Lipinski definition) is 2. The summed E-state index contributed by atoms with van der Waals surface area (Å²) in [5, 5.41) is 12.0. The van der Waals surface area contributed by atoms with Gasteiger partial charge in [-0.2, -0.15) is 0 Å². The highest BCUT2D eigenvalue weighted by Crippen LogP contribution is 2.26. The van der Waals surface area contributed by atoms with E-state index in [0.29, 0.717) is 24.2 Å². The van der Waals surface area contributed by atoms with Crippen LogP contribution in [-0.2, 0) is 4.79 Å². The average Bonchev–Trinajstić information content (AvgIpc) is 3.18. The minimum Gasteiger partial charge on any atom is -0.481 e. The lowest BCUT2D eigenvalue weighted by Crippen LogP contribution is -2.40. The summed E-state index contributed by atoms with van der Waals surface area (Å²) in [5.74, 6) is -0.947. The van der Waals surface area contributed by atoms with Crippen LogP contribution in [0.25, 0.3) is 11.3 Å². The Morgan fingerprint density at radius 2 is 2.00 bits per heavy atom. The van der Waals surface area contributed by atoms with Crippen LogP contribution in [-0.4, -0.2) is 28.0 Å². The van der Waals surface area contributed by atoms with Crippen molar-refractivity contribution in [3.8, 4) is 11.3 Å². The summed E-state index contributed by atoms with van der Waals surface area (Å²) in [4.78, 5) is 27.2. The number of carbonyl (C=O) groups excluding carboxylic acids is 1. The van der Waals surface area contributed by atoms with Gasteiger partial charge in [-0.1, -0.05) is 18.6 Å². The van der Waals surface area contributed by atoms with Crippen molar-refractivity contribution in [2.75, 3.05) is 0 Å². The molecule has 0 aliphatic heterocycles. The van der Waals surface area contributed by atoms with E-state index in [4.69, 9.17) is 9.52 Å². The molecule has 1 aromatic heterocycles. The number of amides is 1. The molecule has 0 saturated heterocycles. The zero-order valence-electron chi connectivity index (χ0n) is 11.9. The molecule has 2 aromatic rings. The second-order valence-electron chi connectivity index (χ2n) is 5.40. The van der Waals surface area contributed by atoms with Gasteiger partial charge in [-0.3, -0.25) is 9.59 Å². The fraction of sp³-hybridized carbons (Fsp3) is 0.312. The summed E-state index contributed by atoms with van der Waals surface area (Å²) >= 11 is 0. The summed E-state index contributed by atoms with van der Waals surface area (Å²) in [7, 11) is 0. The Morgan fingerprint density at radius 3 is 2.64 bits per heavy atom. The first-order valence-corrected chi connectivity index (χ1v) is 7.18. The molecule has 1 amide bonds. The number of carboxylic acids is 1. The molecule has 2 atom stereocenters. The molecule has 22 heavy (non-hydrogen) atoms. The monoisotopic (exact) mass is 300 g/mol. The summed E-state index contributed by atoms with van der Waals surface area (Å²) in [6.45, 7) is 0. The standard InChI is InChI=1S/C16H16N2O4/c19-15(18-13-3-1-2-12(13)16(20)21)11-6-4-10(5-7-11)14-8-17-9-22-14/h4-9,12-13H,1-3H2,(H,18,19)(H,20,21)/t12-,13+/m1/s1. The molecule has 114 valence electrons.